The van der Waals surface area contributed by atoms with Gasteiger partial charge in [-0.1, -0.05) is 6.58 Å². The summed E-state index contributed by atoms with van der Waals surface area (Å²) in [6.45, 7) is 5.36. The number of Topliss-reactive ketones (excluding diaryl/α,β-unsaturated/α-hetero) is 1. The van der Waals surface area contributed by atoms with Crippen molar-refractivity contribution < 1.29 is 14.3 Å². The van der Waals surface area contributed by atoms with Gasteiger partial charge in [0, 0.05) is 12.8 Å². The van der Waals surface area contributed by atoms with Gasteiger partial charge in [0.05, 0.1) is 0 Å². The first kappa shape index (κ1) is 9.96. The Morgan fingerprint density at radius 1 is 1.62 bits per heavy atom. The van der Waals surface area contributed by atoms with Crippen molar-refractivity contribution in [2.75, 3.05) is 0 Å². The van der Waals surface area contributed by atoms with Crippen LogP contribution in [0.3, 0.4) is 0 Å². The van der Waals surface area contributed by atoms with E-state index in [1.165, 1.54) is 0 Å². The van der Waals surface area contributed by atoms with Gasteiger partial charge < -0.3 is 9.53 Å². The number of hydrogen-bond acceptors (Lipinski definition) is 3. The topological polar surface area (TPSA) is 43.4 Å². The molecule has 0 N–H and O–H groups in total. The Hall–Kier alpha value is -1.12. The van der Waals surface area contributed by atoms with E-state index in [1.54, 1.807) is 6.92 Å². The summed E-state index contributed by atoms with van der Waals surface area (Å²) in [5.74, 6) is -0.0144. The van der Waals surface area contributed by atoms with E-state index in [1.807, 2.05) is 0 Å². The molecule has 0 bridgehead atoms. The molecular weight excluding hydrogens is 168 g/mol. The standard InChI is InChI=1S/C10H14O3/c1-7(3-4-8(2)11)9-5-6-10(12)13-9/h9H,1,3-6H2,2H3. The molecule has 0 aliphatic carbocycles. The maximum absolute atomic E-state index is 10.8. The van der Waals surface area contributed by atoms with Gasteiger partial charge in [0.1, 0.15) is 11.9 Å². The molecule has 1 saturated heterocycles. The molecule has 13 heavy (non-hydrogen) atoms. The molecule has 0 spiro atoms. The summed E-state index contributed by atoms with van der Waals surface area (Å²) in [5, 5.41) is 0. The van der Waals surface area contributed by atoms with Crippen molar-refractivity contribution in [3.8, 4) is 0 Å². The minimum Gasteiger partial charge on any atom is -0.458 e. The van der Waals surface area contributed by atoms with Crippen molar-refractivity contribution in [1.82, 2.24) is 0 Å². The van der Waals surface area contributed by atoms with E-state index in [4.69, 9.17) is 4.74 Å². The first-order valence-corrected chi connectivity index (χ1v) is 4.46. The first-order valence-electron chi connectivity index (χ1n) is 4.46. The number of ketones is 1. The van der Waals surface area contributed by atoms with E-state index in [9.17, 15) is 9.59 Å². The Morgan fingerprint density at radius 3 is 2.77 bits per heavy atom. The second kappa shape index (κ2) is 4.21. The van der Waals surface area contributed by atoms with Gasteiger partial charge in [-0.3, -0.25) is 4.79 Å². The van der Waals surface area contributed by atoms with Crippen LogP contribution in [0.2, 0.25) is 0 Å². The first-order chi connectivity index (χ1) is 6.09. The molecule has 1 aliphatic heterocycles. The van der Waals surface area contributed by atoms with Gasteiger partial charge in [0.2, 0.25) is 0 Å². The van der Waals surface area contributed by atoms with Gasteiger partial charge in [-0.05, 0) is 25.3 Å². The summed E-state index contributed by atoms with van der Waals surface area (Å²) in [7, 11) is 0. The summed E-state index contributed by atoms with van der Waals surface area (Å²) < 4.78 is 5.01. The molecule has 0 aromatic heterocycles. The maximum Gasteiger partial charge on any atom is 0.306 e. The van der Waals surface area contributed by atoms with Crippen LogP contribution in [0.15, 0.2) is 12.2 Å². The van der Waals surface area contributed by atoms with Crippen molar-refractivity contribution in [3.05, 3.63) is 12.2 Å². The Bertz CT molecular complexity index is 243. The van der Waals surface area contributed by atoms with E-state index in [0.29, 0.717) is 19.3 Å². The van der Waals surface area contributed by atoms with Crippen molar-refractivity contribution in [2.45, 2.75) is 38.7 Å². The molecule has 1 unspecified atom stereocenters. The summed E-state index contributed by atoms with van der Waals surface area (Å²) in [6.07, 6.45) is 2.17. The summed E-state index contributed by atoms with van der Waals surface area (Å²) >= 11 is 0. The van der Waals surface area contributed by atoms with Crippen LogP contribution in [0.25, 0.3) is 0 Å². The van der Waals surface area contributed by atoms with Crippen LogP contribution in [0, 0.1) is 0 Å². The highest BCUT2D eigenvalue weighted by Crippen LogP contribution is 2.22. The normalized spacial score (nSPS) is 21.3. The molecule has 72 valence electrons. The van der Waals surface area contributed by atoms with E-state index in [-0.39, 0.29) is 17.9 Å². The third kappa shape index (κ3) is 3.01. The highest BCUT2D eigenvalue weighted by Gasteiger charge is 2.25. The number of esters is 1. The second-order valence-electron chi connectivity index (χ2n) is 3.38. The van der Waals surface area contributed by atoms with Gasteiger partial charge in [-0.2, -0.15) is 0 Å². The number of carbonyl (C=O) groups excluding carboxylic acids is 2. The number of hydrogen-bond donors (Lipinski definition) is 0. The van der Waals surface area contributed by atoms with E-state index >= 15 is 0 Å². The Morgan fingerprint density at radius 2 is 2.31 bits per heavy atom. The molecule has 3 nitrogen and oxygen atoms in total. The lowest BCUT2D eigenvalue weighted by molar-refractivity contribution is -0.140. The molecule has 1 atom stereocenters. The third-order valence-corrected chi connectivity index (χ3v) is 2.14. The van der Waals surface area contributed by atoms with Crippen LogP contribution in [0.4, 0.5) is 0 Å². The Labute approximate surface area is 77.8 Å². The molecule has 0 amide bonds. The lowest BCUT2D eigenvalue weighted by atomic mass is 10.0. The molecule has 0 radical (unpaired) electrons. The van der Waals surface area contributed by atoms with Crippen molar-refractivity contribution in [1.29, 1.82) is 0 Å². The largest absolute Gasteiger partial charge is 0.458 e. The zero-order valence-corrected chi connectivity index (χ0v) is 7.84. The Balaban J connectivity index is 2.31. The molecule has 0 aromatic carbocycles. The molecule has 0 aromatic rings. The van der Waals surface area contributed by atoms with Crippen LogP contribution in [0.1, 0.15) is 32.6 Å². The van der Waals surface area contributed by atoms with E-state index in [2.05, 4.69) is 6.58 Å². The average molecular weight is 182 g/mol. The fourth-order valence-electron chi connectivity index (χ4n) is 1.31. The number of ether oxygens (including phenoxy) is 1. The van der Waals surface area contributed by atoms with Crippen molar-refractivity contribution >= 4 is 11.8 Å². The third-order valence-electron chi connectivity index (χ3n) is 2.14. The number of cyclic esters (lactones) is 1. The SMILES string of the molecule is C=C(CCC(C)=O)C1CCC(=O)O1. The maximum atomic E-state index is 10.8. The van der Waals surface area contributed by atoms with Crippen LogP contribution < -0.4 is 0 Å². The van der Waals surface area contributed by atoms with Crippen LogP contribution in [-0.2, 0) is 14.3 Å². The molecule has 1 rings (SSSR count). The van der Waals surface area contributed by atoms with Crippen LogP contribution in [-0.4, -0.2) is 17.9 Å². The average Bonchev–Trinajstić information content (AvgIpc) is 2.47. The quantitative estimate of drug-likeness (QED) is 0.490. The smallest absolute Gasteiger partial charge is 0.306 e. The number of carbonyl (C=O) groups is 2. The summed E-state index contributed by atoms with van der Waals surface area (Å²) in [4.78, 5) is 21.4. The van der Waals surface area contributed by atoms with Crippen LogP contribution >= 0.6 is 0 Å². The predicted molar refractivity (Wildman–Crippen MR) is 48.2 cm³/mol. The highest BCUT2D eigenvalue weighted by atomic mass is 16.5. The van der Waals surface area contributed by atoms with E-state index in [0.717, 1.165) is 12.0 Å². The van der Waals surface area contributed by atoms with E-state index < -0.39 is 0 Å². The lowest BCUT2D eigenvalue weighted by Gasteiger charge is -2.11. The molecule has 1 fully saturated rings. The van der Waals surface area contributed by atoms with Gasteiger partial charge in [-0.25, -0.2) is 0 Å². The molecule has 1 heterocycles. The fraction of sp³-hybridized carbons (Fsp3) is 0.600. The molecule has 1 aliphatic rings. The van der Waals surface area contributed by atoms with Gasteiger partial charge in [-0.15, -0.1) is 0 Å². The predicted octanol–water partition coefficient (Wildman–Crippen LogP) is 1.62. The van der Waals surface area contributed by atoms with Gasteiger partial charge in [0.25, 0.3) is 0 Å². The Kier molecular flexibility index (Phi) is 3.23. The zero-order chi connectivity index (χ0) is 9.84. The monoisotopic (exact) mass is 182 g/mol. The van der Waals surface area contributed by atoms with Crippen molar-refractivity contribution in [3.63, 3.8) is 0 Å². The second-order valence-corrected chi connectivity index (χ2v) is 3.38. The minimum absolute atomic E-state index is 0.144. The minimum atomic E-state index is -0.158. The summed E-state index contributed by atoms with van der Waals surface area (Å²) in [6, 6.07) is 0. The molecular formula is C10H14O3. The lowest BCUT2D eigenvalue weighted by Crippen LogP contribution is -2.10. The van der Waals surface area contributed by atoms with Crippen LogP contribution in [0.5, 0.6) is 0 Å². The van der Waals surface area contributed by atoms with Gasteiger partial charge in [0.15, 0.2) is 0 Å². The molecule has 0 saturated carbocycles. The number of rotatable bonds is 4. The fourth-order valence-corrected chi connectivity index (χ4v) is 1.31. The zero-order valence-electron chi connectivity index (χ0n) is 7.84. The highest BCUT2D eigenvalue weighted by molar-refractivity contribution is 5.76. The molecule has 3 heteroatoms. The summed E-state index contributed by atoms with van der Waals surface area (Å²) in [5.41, 5.74) is 0.862. The van der Waals surface area contributed by atoms with Gasteiger partial charge >= 0.3 is 5.97 Å². The van der Waals surface area contributed by atoms with Crippen molar-refractivity contribution in [2.24, 2.45) is 0 Å².